The Morgan fingerprint density at radius 3 is 2.50 bits per heavy atom. The van der Waals surface area contributed by atoms with Crippen LogP contribution in [-0.4, -0.2) is 68.1 Å². The second kappa shape index (κ2) is 7.59. The zero-order valence-corrected chi connectivity index (χ0v) is 12.5. The summed E-state index contributed by atoms with van der Waals surface area (Å²) in [6.45, 7) is 1.28. The molecular formula is C13H20F3N3O3. The number of likely N-dealkylation sites (tertiary alicyclic amines) is 1. The smallest absolute Gasteiger partial charge is 0.414 e. The molecule has 1 aliphatic rings. The average Bonchev–Trinajstić information content (AvgIpc) is 2.89. The maximum Gasteiger partial charge on any atom is 0.491 e. The summed E-state index contributed by atoms with van der Waals surface area (Å²) in [6, 6.07) is 0. The Hall–Kier alpha value is -1.61. The molecule has 1 aliphatic heterocycles. The Kier molecular flexibility index (Phi) is 6.36. The highest BCUT2D eigenvalue weighted by atomic mass is 19.4. The SMILES string of the molecule is CN(C)C/C=C(/OC(=O)C(F)(F)F)C(=O)N1CC[C@@H](CN)C1. The van der Waals surface area contributed by atoms with E-state index in [2.05, 4.69) is 4.74 Å². The summed E-state index contributed by atoms with van der Waals surface area (Å²) in [5.41, 5.74) is 5.52. The lowest BCUT2D eigenvalue weighted by atomic mass is 10.1. The highest BCUT2D eigenvalue weighted by Crippen LogP contribution is 2.21. The molecule has 1 heterocycles. The van der Waals surface area contributed by atoms with Gasteiger partial charge in [-0.15, -0.1) is 0 Å². The van der Waals surface area contributed by atoms with Gasteiger partial charge in [-0.3, -0.25) is 4.79 Å². The fraction of sp³-hybridized carbons (Fsp3) is 0.692. The minimum absolute atomic E-state index is 0.109. The number of hydrogen-bond donors (Lipinski definition) is 1. The summed E-state index contributed by atoms with van der Waals surface area (Å²) in [4.78, 5) is 26.2. The summed E-state index contributed by atoms with van der Waals surface area (Å²) in [6.07, 6.45) is -3.31. The first-order valence-electron chi connectivity index (χ1n) is 6.78. The van der Waals surface area contributed by atoms with E-state index in [1.54, 1.807) is 19.0 Å². The monoisotopic (exact) mass is 323 g/mol. The van der Waals surface area contributed by atoms with E-state index < -0.39 is 23.8 Å². The van der Waals surface area contributed by atoms with Crippen LogP contribution in [0.5, 0.6) is 0 Å². The number of likely N-dealkylation sites (N-methyl/N-ethyl adjacent to an activating group) is 1. The van der Waals surface area contributed by atoms with E-state index in [4.69, 9.17) is 5.73 Å². The van der Waals surface area contributed by atoms with Crippen molar-refractivity contribution in [2.45, 2.75) is 12.6 Å². The predicted octanol–water partition coefficient (Wildman–Crippen LogP) is 0.345. The fourth-order valence-corrected chi connectivity index (χ4v) is 1.96. The van der Waals surface area contributed by atoms with Gasteiger partial charge in [0.15, 0.2) is 5.76 Å². The van der Waals surface area contributed by atoms with Crippen LogP contribution in [0, 0.1) is 5.92 Å². The number of nitrogens with two attached hydrogens (primary N) is 1. The Balaban J connectivity index is 2.84. The number of nitrogens with zero attached hydrogens (tertiary/aromatic N) is 2. The van der Waals surface area contributed by atoms with Gasteiger partial charge in [-0.2, -0.15) is 13.2 Å². The molecule has 126 valence electrons. The van der Waals surface area contributed by atoms with Gasteiger partial charge < -0.3 is 20.3 Å². The van der Waals surface area contributed by atoms with Crippen molar-refractivity contribution in [3.05, 3.63) is 11.8 Å². The third-order valence-corrected chi connectivity index (χ3v) is 3.19. The molecule has 0 aliphatic carbocycles. The minimum atomic E-state index is -5.15. The van der Waals surface area contributed by atoms with E-state index in [1.807, 2.05) is 0 Å². The van der Waals surface area contributed by atoms with E-state index in [9.17, 15) is 22.8 Å². The number of amides is 1. The molecule has 0 saturated carbocycles. The number of carbonyl (C=O) groups excluding carboxylic acids is 2. The van der Waals surface area contributed by atoms with Gasteiger partial charge in [0, 0.05) is 19.6 Å². The molecule has 9 heteroatoms. The standard InChI is InChI=1S/C13H20F3N3O3/c1-18(2)5-4-10(22-12(21)13(14,15)16)11(20)19-6-3-9(7-17)8-19/h4,9H,3,5-8,17H2,1-2H3/b10-4+/t9-/m0/s1. The normalized spacial score (nSPS) is 19.7. The Bertz CT molecular complexity index is 450. The molecule has 0 aromatic heterocycles. The van der Waals surface area contributed by atoms with Gasteiger partial charge in [-0.1, -0.05) is 0 Å². The van der Waals surface area contributed by atoms with Gasteiger partial charge in [0.05, 0.1) is 0 Å². The highest BCUT2D eigenvalue weighted by molar-refractivity contribution is 5.94. The molecular weight excluding hydrogens is 303 g/mol. The van der Waals surface area contributed by atoms with Crippen LogP contribution in [-0.2, 0) is 14.3 Å². The van der Waals surface area contributed by atoms with Crippen molar-refractivity contribution in [2.24, 2.45) is 11.7 Å². The number of alkyl halides is 3. The van der Waals surface area contributed by atoms with Gasteiger partial charge in [0.2, 0.25) is 0 Å². The predicted molar refractivity (Wildman–Crippen MR) is 72.5 cm³/mol. The number of carbonyl (C=O) groups is 2. The summed E-state index contributed by atoms with van der Waals surface area (Å²) in [7, 11) is 3.34. The Morgan fingerprint density at radius 1 is 1.41 bits per heavy atom. The molecule has 1 atom stereocenters. The van der Waals surface area contributed by atoms with Crippen molar-refractivity contribution in [3.63, 3.8) is 0 Å². The first-order valence-corrected chi connectivity index (χ1v) is 6.78. The highest BCUT2D eigenvalue weighted by Gasteiger charge is 2.43. The quantitative estimate of drug-likeness (QED) is 0.449. The zero-order chi connectivity index (χ0) is 16.9. The van der Waals surface area contributed by atoms with Crippen LogP contribution in [0.25, 0.3) is 0 Å². The van der Waals surface area contributed by atoms with Crippen molar-refractivity contribution in [1.29, 1.82) is 0 Å². The molecule has 0 unspecified atom stereocenters. The molecule has 2 N–H and O–H groups in total. The van der Waals surface area contributed by atoms with Crippen LogP contribution in [0.4, 0.5) is 13.2 Å². The second-order valence-corrected chi connectivity index (χ2v) is 5.36. The largest absolute Gasteiger partial charge is 0.491 e. The molecule has 1 rings (SSSR count). The molecule has 0 aromatic carbocycles. The van der Waals surface area contributed by atoms with Gasteiger partial charge in [-0.05, 0) is 39.1 Å². The van der Waals surface area contributed by atoms with E-state index in [-0.39, 0.29) is 12.5 Å². The molecule has 1 amide bonds. The third-order valence-electron chi connectivity index (χ3n) is 3.19. The fourth-order valence-electron chi connectivity index (χ4n) is 1.96. The maximum absolute atomic E-state index is 12.3. The maximum atomic E-state index is 12.3. The van der Waals surface area contributed by atoms with Crippen molar-refractivity contribution in [2.75, 3.05) is 40.3 Å². The first-order chi connectivity index (χ1) is 10.1. The molecule has 22 heavy (non-hydrogen) atoms. The summed E-state index contributed by atoms with van der Waals surface area (Å²) in [5, 5.41) is 0. The van der Waals surface area contributed by atoms with Crippen LogP contribution >= 0.6 is 0 Å². The molecule has 0 bridgehead atoms. The van der Waals surface area contributed by atoms with Gasteiger partial charge in [0.1, 0.15) is 0 Å². The number of esters is 1. The lowest BCUT2D eigenvalue weighted by Crippen LogP contribution is -2.35. The summed E-state index contributed by atoms with van der Waals surface area (Å²) >= 11 is 0. The topological polar surface area (TPSA) is 75.9 Å². The van der Waals surface area contributed by atoms with Crippen molar-refractivity contribution in [1.82, 2.24) is 9.80 Å². The summed E-state index contributed by atoms with van der Waals surface area (Å²) < 4.78 is 41.2. The average molecular weight is 323 g/mol. The number of halogens is 3. The first kappa shape index (κ1) is 18.4. The van der Waals surface area contributed by atoms with Crippen molar-refractivity contribution >= 4 is 11.9 Å². The molecule has 0 spiro atoms. The van der Waals surface area contributed by atoms with E-state index in [0.29, 0.717) is 26.1 Å². The summed E-state index contributed by atoms with van der Waals surface area (Å²) in [5.74, 6) is -3.62. The Labute approximate surface area is 126 Å². The number of ether oxygens (including phenoxy) is 1. The Morgan fingerprint density at radius 2 is 2.05 bits per heavy atom. The van der Waals surface area contributed by atoms with Gasteiger partial charge in [-0.25, -0.2) is 4.79 Å². The number of rotatable bonds is 5. The molecule has 6 nitrogen and oxygen atoms in total. The van der Waals surface area contributed by atoms with Gasteiger partial charge in [0.25, 0.3) is 5.91 Å². The van der Waals surface area contributed by atoms with Gasteiger partial charge >= 0.3 is 12.1 Å². The van der Waals surface area contributed by atoms with Crippen LogP contribution in [0.3, 0.4) is 0 Å². The molecule has 0 aromatic rings. The van der Waals surface area contributed by atoms with Crippen LogP contribution in [0.1, 0.15) is 6.42 Å². The lowest BCUT2D eigenvalue weighted by Gasteiger charge is -2.19. The molecule has 1 fully saturated rings. The molecule has 1 saturated heterocycles. The number of hydrogen-bond acceptors (Lipinski definition) is 5. The van der Waals surface area contributed by atoms with Crippen LogP contribution < -0.4 is 5.73 Å². The molecule has 0 radical (unpaired) electrons. The van der Waals surface area contributed by atoms with Crippen LogP contribution in [0.2, 0.25) is 0 Å². The van der Waals surface area contributed by atoms with E-state index in [1.165, 1.54) is 11.0 Å². The second-order valence-electron chi connectivity index (χ2n) is 5.36. The lowest BCUT2D eigenvalue weighted by molar-refractivity contribution is -0.196. The zero-order valence-electron chi connectivity index (χ0n) is 12.5. The van der Waals surface area contributed by atoms with E-state index >= 15 is 0 Å². The van der Waals surface area contributed by atoms with Crippen LogP contribution in [0.15, 0.2) is 11.8 Å². The van der Waals surface area contributed by atoms with Crippen molar-refractivity contribution < 1.29 is 27.5 Å². The third kappa shape index (κ3) is 5.30. The van der Waals surface area contributed by atoms with Crippen molar-refractivity contribution in [3.8, 4) is 0 Å². The minimum Gasteiger partial charge on any atom is -0.414 e. The van der Waals surface area contributed by atoms with E-state index in [0.717, 1.165) is 0 Å².